The van der Waals surface area contributed by atoms with Gasteiger partial charge in [0.25, 0.3) is 0 Å². The van der Waals surface area contributed by atoms with Crippen molar-refractivity contribution in [2.45, 2.75) is 6.42 Å². The van der Waals surface area contributed by atoms with E-state index in [9.17, 15) is 19.1 Å². The summed E-state index contributed by atoms with van der Waals surface area (Å²) in [5.41, 5.74) is 2.26. The lowest BCUT2D eigenvalue weighted by Crippen LogP contribution is -2.29. The number of ketones is 1. The lowest BCUT2D eigenvalue weighted by Gasteiger charge is -2.25. The number of ether oxygens (including phenoxy) is 1. The molecular formula is C23H17FO4. The van der Waals surface area contributed by atoms with Crippen LogP contribution in [0.3, 0.4) is 0 Å². The van der Waals surface area contributed by atoms with Crippen LogP contribution in [0.15, 0.2) is 66.7 Å². The van der Waals surface area contributed by atoms with E-state index < -0.39 is 11.8 Å². The number of carbonyl (C=O) groups is 2. The van der Waals surface area contributed by atoms with Gasteiger partial charge in [-0.05, 0) is 53.4 Å². The summed E-state index contributed by atoms with van der Waals surface area (Å²) in [7, 11) is 0. The molecule has 1 aliphatic heterocycles. The molecule has 1 atom stereocenters. The Morgan fingerprint density at radius 1 is 1.04 bits per heavy atom. The average Bonchev–Trinajstić information content (AvgIpc) is 2.70. The van der Waals surface area contributed by atoms with Gasteiger partial charge in [-0.2, -0.15) is 0 Å². The van der Waals surface area contributed by atoms with Gasteiger partial charge in [-0.15, -0.1) is 0 Å². The molecular weight excluding hydrogens is 359 g/mol. The molecule has 1 heterocycles. The SMILES string of the molecule is O=C(O)c1ccc(F)cc1-c1ccc2c(c1)OCC(Cc1ccccc1)C2=O. The number of carboxylic acids is 1. The second kappa shape index (κ2) is 7.27. The van der Waals surface area contributed by atoms with Crippen LogP contribution in [0.2, 0.25) is 0 Å². The maximum atomic E-state index is 13.7. The number of hydrogen-bond acceptors (Lipinski definition) is 3. The Bertz CT molecular complexity index is 1060. The number of halogens is 1. The molecule has 140 valence electrons. The zero-order valence-electron chi connectivity index (χ0n) is 14.9. The number of aromatic carboxylic acids is 1. The first-order chi connectivity index (χ1) is 13.5. The lowest BCUT2D eigenvalue weighted by atomic mass is 9.88. The molecule has 5 heteroatoms. The van der Waals surface area contributed by atoms with Crippen LogP contribution in [0.4, 0.5) is 4.39 Å². The Balaban J connectivity index is 1.66. The van der Waals surface area contributed by atoms with Crippen molar-refractivity contribution in [1.82, 2.24) is 0 Å². The van der Waals surface area contributed by atoms with Crippen molar-refractivity contribution in [3.05, 3.63) is 89.2 Å². The number of carboxylic acid groups (broad SMARTS) is 1. The van der Waals surface area contributed by atoms with Crippen molar-refractivity contribution in [3.8, 4) is 16.9 Å². The predicted octanol–water partition coefficient (Wildman–Crippen LogP) is 4.62. The van der Waals surface area contributed by atoms with Gasteiger partial charge in [0.05, 0.1) is 23.7 Å². The van der Waals surface area contributed by atoms with Gasteiger partial charge in [0, 0.05) is 0 Å². The third kappa shape index (κ3) is 3.39. The van der Waals surface area contributed by atoms with Crippen LogP contribution in [-0.4, -0.2) is 23.5 Å². The molecule has 4 nitrogen and oxygen atoms in total. The molecule has 3 aromatic rings. The van der Waals surface area contributed by atoms with E-state index in [1.54, 1.807) is 18.2 Å². The normalized spacial score (nSPS) is 15.6. The van der Waals surface area contributed by atoms with Gasteiger partial charge in [0.1, 0.15) is 11.6 Å². The summed E-state index contributed by atoms with van der Waals surface area (Å²) in [6.45, 7) is 0.249. The highest BCUT2D eigenvalue weighted by Gasteiger charge is 2.29. The van der Waals surface area contributed by atoms with Gasteiger partial charge < -0.3 is 9.84 Å². The highest BCUT2D eigenvalue weighted by molar-refractivity contribution is 6.02. The maximum Gasteiger partial charge on any atom is 0.336 e. The molecule has 3 aromatic carbocycles. The van der Waals surface area contributed by atoms with Crippen molar-refractivity contribution in [2.24, 2.45) is 5.92 Å². The van der Waals surface area contributed by atoms with E-state index >= 15 is 0 Å². The van der Waals surface area contributed by atoms with Crippen molar-refractivity contribution in [2.75, 3.05) is 6.61 Å². The van der Waals surface area contributed by atoms with Crippen molar-refractivity contribution in [3.63, 3.8) is 0 Å². The zero-order chi connectivity index (χ0) is 19.7. The number of carbonyl (C=O) groups excluding carboxylic acids is 1. The van der Waals surface area contributed by atoms with Crippen LogP contribution in [-0.2, 0) is 6.42 Å². The lowest BCUT2D eigenvalue weighted by molar-refractivity contribution is 0.0697. The van der Waals surface area contributed by atoms with Gasteiger partial charge in [-0.1, -0.05) is 36.4 Å². The minimum absolute atomic E-state index is 0.00523. The monoisotopic (exact) mass is 376 g/mol. The summed E-state index contributed by atoms with van der Waals surface area (Å²) >= 11 is 0. The van der Waals surface area contributed by atoms with Crippen LogP contribution in [0.25, 0.3) is 11.1 Å². The molecule has 0 radical (unpaired) electrons. The zero-order valence-corrected chi connectivity index (χ0v) is 14.9. The van der Waals surface area contributed by atoms with Crippen LogP contribution in [0.5, 0.6) is 5.75 Å². The first-order valence-electron chi connectivity index (χ1n) is 8.91. The van der Waals surface area contributed by atoms with Crippen molar-refractivity contribution < 1.29 is 23.8 Å². The fraction of sp³-hybridized carbons (Fsp3) is 0.130. The molecule has 1 N–H and O–H groups in total. The molecule has 0 bridgehead atoms. The quantitative estimate of drug-likeness (QED) is 0.721. The Kier molecular flexibility index (Phi) is 4.65. The van der Waals surface area contributed by atoms with Gasteiger partial charge in [-0.25, -0.2) is 9.18 Å². The molecule has 0 aliphatic carbocycles. The molecule has 0 saturated heterocycles. The maximum absolute atomic E-state index is 13.7. The molecule has 0 saturated carbocycles. The Labute approximate surface area is 161 Å². The Hall–Kier alpha value is -3.47. The summed E-state index contributed by atoms with van der Waals surface area (Å²) in [5.74, 6) is -1.56. The van der Waals surface area contributed by atoms with E-state index in [0.29, 0.717) is 23.3 Å². The summed E-state index contributed by atoms with van der Waals surface area (Å²) in [5, 5.41) is 9.37. The molecule has 28 heavy (non-hydrogen) atoms. The summed E-state index contributed by atoms with van der Waals surface area (Å²) in [6, 6.07) is 18.1. The van der Waals surface area contributed by atoms with Crippen molar-refractivity contribution in [1.29, 1.82) is 0 Å². The topological polar surface area (TPSA) is 63.6 Å². The van der Waals surface area contributed by atoms with Crippen LogP contribution in [0, 0.1) is 11.7 Å². The van der Waals surface area contributed by atoms with Crippen molar-refractivity contribution >= 4 is 11.8 Å². The molecule has 1 unspecified atom stereocenters. The second-order valence-corrected chi connectivity index (χ2v) is 6.77. The van der Waals surface area contributed by atoms with E-state index in [0.717, 1.165) is 11.6 Å². The van der Waals surface area contributed by atoms with Crippen LogP contribution >= 0.6 is 0 Å². The number of Topliss-reactive ketones (excluding diaryl/α,β-unsaturated/α-hetero) is 1. The second-order valence-electron chi connectivity index (χ2n) is 6.77. The van der Waals surface area contributed by atoms with E-state index in [1.807, 2.05) is 30.3 Å². The van der Waals surface area contributed by atoms with Crippen LogP contribution in [0.1, 0.15) is 26.3 Å². The van der Waals surface area contributed by atoms with Gasteiger partial charge in [-0.3, -0.25) is 4.79 Å². The number of rotatable bonds is 4. The third-order valence-electron chi connectivity index (χ3n) is 4.91. The fourth-order valence-electron chi connectivity index (χ4n) is 3.49. The third-order valence-corrected chi connectivity index (χ3v) is 4.91. The van der Waals surface area contributed by atoms with Gasteiger partial charge in [0.2, 0.25) is 0 Å². The van der Waals surface area contributed by atoms with E-state index in [1.165, 1.54) is 12.1 Å². The van der Waals surface area contributed by atoms with Crippen LogP contribution < -0.4 is 4.74 Å². The molecule has 0 fully saturated rings. The van der Waals surface area contributed by atoms with Gasteiger partial charge in [0.15, 0.2) is 5.78 Å². The number of benzene rings is 3. The highest BCUT2D eigenvalue weighted by atomic mass is 19.1. The first kappa shape index (κ1) is 17.9. The molecule has 0 aromatic heterocycles. The largest absolute Gasteiger partial charge is 0.492 e. The van der Waals surface area contributed by atoms with E-state index in [2.05, 4.69) is 0 Å². The summed E-state index contributed by atoms with van der Waals surface area (Å²) < 4.78 is 19.5. The first-order valence-corrected chi connectivity index (χ1v) is 8.91. The summed E-state index contributed by atoms with van der Waals surface area (Å²) in [6.07, 6.45) is 0.591. The predicted molar refractivity (Wildman–Crippen MR) is 102 cm³/mol. The summed E-state index contributed by atoms with van der Waals surface area (Å²) in [4.78, 5) is 24.3. The Morgan fingerprint density at radius 3 is 2.57 bits per heavy atom. The van der Waals surface area contributed by atoms with E-state index in [-0.39, 0.29) is 29.4 Å². The van der Waals surface area contributed by atoms with E-state index in [4.69, 9.17) is 4.74 Å². The standard InChI is InChI=1S/C23H17FO4/c24-17-7-9-18(23(26)27)20(12-17)15-6-8-19-21(11-15)28-13-16(22(19)25)10-14-4-2-1-3-5-14/h1-9,11-12,16H,10,13H2,(H,26,27). The highest BCUT2D eigenvalue weighted by Crippen LogP contribution is 2.34. The molecule has 4 rings (SSSR count). The molecule has 0 amide bonds. The number of hydrogen-bond donors (Lipinski definition) is 1. The smallest absolute Gasteiger partial charge is 0.336 e. The number of fused-ring (bicyclic) bond motifs is 1. The minimum Gasteiger partial charge on any atom is -0.492 e. The Morgan fingerprint density at radius 2 is 1.82 bits per heavy atom. The average molecular weight is 376 g/mol. The minimum atomic E-state index is -1.15. The fourth-order valence-corrected chi connectivity index (χ4v) is 3.49. The molecule has 0 spiro atoms. The van der Waals surface area contributed by atoms with Gasteiger partial charge >= 0.3 is 5.97 Å². The molecule has 1 aliphatic rings.